The van der Waals surface area contributed by atoms with E-state index >= 15 is 0 Å². The molecule has 4 heteroatoms. The molecule has 0 atom stereocenters. The number of aryl methyl sites for hydroxylation is 2. The quantitative estimate of drug-likeness (QED) is 0.797. The van der Waals surface area contributed by atoms with Crippen LogP contribution in [-0.2, 0) is 0 Å². The van der Waals surface area contributed by atoms with Gasteiger partial charge in [-0.1, -0.05) is 24.3 Å². The molecule has 0 bridgehead atoms. The van der Waals surface area contributed by atoms with E-state index in [2.05, 4.69) is 5.10 Å². The van der Waals surface area contributed by atoms with Gasteiger partial charge in [0.25, 0.3) is 0 Å². The van der Waals surface area contributed by atoms with E-state index in [0.717, 1.165) is 22.6 Å². The summed E-state index contributed by atoms with van der Waals surface area (Å²) in [4.78, 5) is 0. The van der Waals surface area contributed by atoms with Crippen LogP contribution in [0.25, 0.3) is 16.9 Å². The van der Waals surface area contributed by atoms with E-state index in [4.69, 9.17) is 4.74 Å². The Balaban J connectivity index is 2.20. The average molecular weight is 294 g/mol. The van der Waals surface area contributed by atoms with Crippen molar-refractivity contribution in [3.8, 4) is 28.4 Å². The molecule has 1 aromatic heterocycles. The first-order valence-corrected chi connectivity index (χ1v) is 7.11. The third-order valence-electron chi connectivity index (χ3n) is 3.75. The Morgan fingerprint density at radius 2 is 1.68 bits per heavy atom. The largest absolute Gasteiger partial charge is 0.504 e. The monoisotopic (exact) mass is 294 g/mol. The van der Waals surface area contributed by atoms with Crippen LogP contribution in [0.2, 0.25) is 0 Å². The van der Waals surface area contributed by atoms with Gasteiger partial charge in [-0.25, -0.2) is 4.68 Å². The van der Waals surface area contributed by atoms with Crippen molar-refractivity contribution in [2.24, 2.45) is 0 Å². The maximum atomic E-state index is 10.5. The Labute approximate surface area is 129 Å². The smallest absolute Gasteiger partial charge is 0.165 e. The molecule has 3 aromatic rings. The highest BCUT2D eigenvalue weighted by molar-refractivity contribution is 5.72. The molecule has 0 saturated carbocycles. The molecule has 0 fully saturated rings. The predicted octanol–water partition coefficient (Wildman–Crippen LogP) is 3.87. The number of hydrogen-bond acceptors (Lipinski definition) is 3. The summed E-state index contributed by atoms with van der Waals surface area (Å²) in [5, 5.41) is 14.9. The summed E-state index contributed by atoms with van der Waals surface area (Å²) >= 11 is 0. The minimum Gasteiger partial charge on any atom is -0.504 e. The van der Waals surface area contributed by atoms with Gasteiger partial charge in [-0.15, -0.1) is 0 Å². The second-order valence-electron chi connectivity index (χ2n) is 5.21. The second kappa shape index (κ2) is 5.56. The summed E-state index contributed by atoms with van der Waals surface area (Å²) in [6, 6.07) is 15.6. The summed E-state index contributed by atoms with van der Waals surface area (Å²) in [5.74, 6) is 0.999. The lowest BCUT2D eigenvalue weighted by Crippen LogP contribution is -2.00. The van der Waals surface area contributed by atoms with Crippen LogP contribution in [0, 0.1) is 13.8 Å². The lowest BCUT2D eigenvalue weighted by atomic mass is 10.0. The van der Waals surface area contributed by atoms with Gasteiger partial charge in [0.2, 0.25) is 0 Å². The molecule has 1 N–H and O–H groups in total. The number of methoxy groups -OCH3 is 1. The van der Waals surface area contributed by atoms with E-state index < -0.39 is 0 Å². The summed E-state index contributed by atoms with van der Waals surface area (Å²) in [7, 11) is 1.64. The SMILES string of the molecule is COc1ccc(-n2nc(C)c(O)c2-c2ccccc2C)cc1. The van der Waals surface area contributed by atoms with Crippen molar-refractivity contribution in [3.63, 3.8) is 0 Å². The third kappa shape index (κ3) is 2.33. The van der Waals surface area contributed by atoms with Crippen LogP contribution in [0.1, 0.15) is 11.3 Å². The Morgan fingerprint density at radius 1 is 1.00 bits per heavy atom. The van der Waals surface area contributed by atoms with Gasteiger partial charge >= 0.3 is 0 Å². The van der Waals surface area contributed by atoms with Gasteiger partial charge in [0.05, 0.1) is 12.8 Å². The minimum atomic E-state index is 0.213. The first kappa shape index (κ1) is 14.2. The molecule has 0 aliphatic carbocycles. The molecular formula is C18H18N2O2. The zero-order valence-electron chi connectivity index (χ0n) is 12.9. The van der Waals surface area contributed by atoms with Gasteiger partial charge in [-0.05, 0) is 43.7 Å². The van der Waals surface area contributed by atoms with Crippen molar-refractivity contribution in [1.82, 2.24) is 9.78 Å². The van der Waals surface area contributed by atoms with Crippen LogP contribution < -0.4 is 4.74 Å². The molecule has 0 saturated heterocycles. The Morgan fingerprint density at radius 3 is 2.32 bits per heavy atom. The first-order valence-electron chi connectivity index (χ1n) is 7.11. The predicted molar refractivity (Wildman–Crippen MR) is 86.7 cm³/mol. The van der Waals surface area contributed by atoms with Crippen LogP contribution in [0.3, 0.4) is 0 Å². The van der Waals surface area contributed by atoms with E-state index in [-0.39, 0.29) is 5.75 Å². The average Bonchev–Trinajstić information content (AvgIpc) is 2.84. The zero-order valence-corrected chi connectivity index (χ0v) is 12.9. The molecule has 2 aromatic carbocycles. The van der Waals surface area contributed by atoms with E-state index in [0.29, 0.717) is 11.4 Å². The summed E-state index contributed by atoms with van der Waals surface area (Å²) in [5.41, 5.74) is 4.25. The highest BCUT2D eigenvalue weighted by atomic mass is 16.5. The highest BCUT2D eigenvalue weighted by Gasteiger charge is 2.18. The van der Waals surface area contributed by atoms with Crippen LogP contribution in [0.5, 0.6) is 11.5 Å². The molecule has 0 radical (unpaired) electrons. The zero-order chi connectivity index (χ0) is 15.7. The molecule has 4 nitrogen and oxygen atoms in total. The standard InChI is InChI=1S/C18H18N2O2/c1-12-6-4-5-7-16(12)17-18(21)13(2)19-20(17)14-8-10-15(22-3)11-9-14/h4-11,21H,1-3H3. The molecule has 3 rings (SSSR count). The normalized spacial score (nSPS) is 10.7. The molecule has 0 amide bonds. The van der Waals surface area contributed by atoms with Gasteiger partial charge in [-0.3, -0.25) is 0 Å². The number of ether oxygens (including phenoxy) is 1. The lowest BCUT2D eigenvalue weighted by Gasteiger charge is -2.10. The van der Waals surface area contributed by atoms with E-state index in [9.17, 15) is 5.11 Å². The Hall–Kier alpha value is -2.75. The molecule has 0 spiro atoms. The first-order chi connectivity index (χ1) is 10.6. The van der Waals surface area contributed by atoms with Crippen LogP contribution in [-0.4, -0.2) is 22.0 Å². The molecule has 112 valence electrons. The fourth-order valence-corrected chi connectivity index (χ4v) is 2.51. The topological polar surface area (TPSA) is 47.3 Å². The lowest BCUT2D eigenvalue weighted by molar-refractivity contribution is 0.414. The Kier molecular flexibility index (Phi) is 3.59. The fraction of sp³-hybridized carbons (Fsp3) is 0.167. The Bertz CT molecular complexity index is 804. The number of rotatable bonds is 3. The van der Waals surface area contributed by atoms with Gasteiger partial charge in [-0.2, -0.15) is 5.10 Å². The van der Waals surface area contributed by atoms with Crippen molar-refractivity contribution in [1.29, 1.82) is 0 Å². The van der Waals surface area contributed by atoms with E-state index in [1.54, 1.807) is 18.7 Å². The third-order valence-corrected chi connectivity index (χ3v) is 3.75. The van der Waals surface area contributed by atoms with Gasteiger partial charge < -0.3 is 9.84 Å². The molecule has 0 aliphatic heterocycles. The highest BCUT2D eigenvalue weighted by Crippen LogP contribution is 2.35. The second-order valence-corrected chi connectivity index (χ2v) is 5.21. The van der Waals surface area contributed by atoms with E-state index in [1.165, 1.54) is 0 Å². The van der Waals surface area contributed by atoms with Crippen molar-refractivity contribution >= 4 is 0 Å². The number of benzene rings is 2. The van der Waals surface area contributed by atoms with E-state index in [1.807, 2.05) is 55.5 Å². The summed E-state index contributed by atoms with van der Waals surface area (Å²) in [6.45, 7) is 3.83. The maximum Gasteiger partial charge on any atom is 0.165 e. The molecule has 0 aliphatic rings. The van der Waals surface area contributed by atoms with Gasteiger partial charge in [0, 0.05) is 5.56 Å². The maximum absolute atomic E-state index is 10.5. The number of hydrogen-bond donors (Lipinski definition) is 1. The van der Waals surface area contributed by atoms with Crippen molar-refractivity contribution in [2.45, 2.75) is 13.8 Å². The molecule has 1 heterocycles. The molecule has 0 unspecified atom stereocenters. The summed E-state index contributed by atoms with van der Waals surface area (Å²) < 4.78 is 6.96. The van der Waals surface area contributed by atoms with Crippen molar-refractivity contribution in [2.75, 3.05) is 7.11 Å². The van der Waals surface area contributed by atoms with Crippen LogP contribution in [0.15, 0.2) is 48.5 Å². The minimum absolute atomic E-state index is 0.213. The van der Waals surface area contributed by atoms with Gasteiger partial charge in [0.15, 0.2) is 5.75 Å². The number of nitrogens with zero attached hydrogens (tertiary/aromatic N) is 2. The van der Waals surface area contributed by atoms with Crippen molar-refractivity contribution < 1.29 is 9.84 Å². The van der Waals surface area contributed by atoms with Crippen LogP contribution in [0.4, 0.5) is 0 Å². The number of aromatic nitrogens is 2. The molecular weight excluding hydrogens is 276 g/mol. The molecule has 22 heavy (non-hydrogen) atoms. The van der Waals surface area contributed by atoms with Crippen LogP contribution >= 0.6 is 0 Å². The number of aromatic hydroxyl groups is 1. The van der Waals surface area contributed by atoms with Gasteiger partial charge in [0.1, 0.15) is 17.1 Å². The summed E-state index contributed by atoms with van der Waals surface area (Å²) in [6.07, 6.45) is 0. The van der Waals surface area contributed by atoms with Crippen molar-refractivity contribution in [3.05, 3.63) is 59.8 Å². The fourth-order valence-electron chi connectivity index (χ4n) is 2.51.